The summed E-state index contributed by atoms with van der Waals surface area (Å²) in [6.07, 6.45) is 0.822. The highest BCUT2D eigenvalue weighted by Crippen LogP contribution is 2.13. The van der Waals surface area contributed by atoms with Gasteiger partial charge in [-0.2, -0.15) is 0 Å². The summed E-state index contributed by atoms with van der Waals surface area (Å²) in [5.41, 5.74) is -0.00817. The lowest BCUT2D eigenvalue weighted by atomic mass is 10.1. The molecule has 1 rings (SSSR count). The van der Waals surface area contributed by atoms with Crippen LogP contribution in [0.2, 0.25) is 0 Å². The largest absolute Gasteiger partial charge is 0.389 e. The number of carbonyl (C=O) groups is 2. The molecule has 6 heteroatoms. The Balaban J connectivity index is 2.58. The SMILES string of the molecule is CC(C)CCC(=O)OC(=O)c1ccc([N+](=O)[O-])cc1. The predicted octanol–water partition coefficient (Wildman–Crippen LogP) is 2.71. The van der Waals surface area contributed by atoms with E-state index in [0.29, 0.717) is 12.3 Å². The molecule has 0 saturated heterocycles. The predicted molar refractivity (Wildman–Crippen MR) is 67.6 cm³/mol. The topological polar surface area (TPSA) is 86.5 Å². The zero-order chi connectivity index (χ0) is 14.4. The van der Waals surface area contributed by atoms with Crippen LogP contribution in [0.15, 0.2) is 24.3 Å². The van der Waals surface area contributed by atoms with Gasteiger partial charge in [0.05, 0.1) is 10.5 Å². The van der Waals surface area contributed by atoms with E-state index in [1.54, 1.807) is 0 Å². The van der Waals surface area contributed by atoms with Gasteiger partial charge in [0.2, 0.25) is 0 Å². The third kappa shape index (κ3) is 4.87. The fraction of sp³-hybridized carbons (Fsp3) is 0.385. The van der Waals surface area contributed by atoms with Crippen LogP contribution < -0.4 is 0 Å². The number of carbonyl (C=O) groups excluding carboxylic acids is 2. The number of esters is 2. The van der Waals surface area contributed by atoms with Crippen molar-refractivity contribution in [3.63, 3.8) is 0 Å². The van der Waals surface area contributed by atoms with Crippen molar-refractivity contribution in [1.29, 1.82) is 0 Å². The van der Waals surface area contributed by atoms with Crippen LogP contribution in [0.4, 0.5) is 5.69 Å². The van der Waals surface area contributed by atoms with Crippen molar-refractivity contribution in [2.24, 2.45) is 5.92 Å². The number of rotatable bonds is 5. The van der Waals surface area contributed by atoms with Gasteiger partial charge < -0.3 is 4.74 Å². The molecule has 0 amide bonds. The molecule has 0 saturated carbocycles. The Morgan fingerprint density at radius 1 is 1.26 bits per heavy atom. The first kappa shape index (κ1) is 14.8. The van der Waals surface area contributed by atoms with Crippen molar-refractivity contribution in [1.82, 2.24) is 0 Å². The first-order valence-corrected chi connectivity index (χ1v) is 5.89. The molecular formula is C13H15NO5. The van der Waals surface area contributed by atoms with Crippen LogP contribution in [0, 0.1) is 16.0 Å². The average Bonchev–Trinajstić information content (AvgIpc) is 2.36. The van der Waals surface area contributed by atoms with Gasteiger partial charge in [-0.3, -0.25) is 14.9 Å². The normalized spacial score (nSPS) is 10.3. The van der Waals surface area contributed by atoms with Crippen LogP contribution in [-0.2, 0) is 9.53 Å². The Hall–Kier alpha value is -2.24. The maximum absolute atomic E-state index is 11.6. The molecule has 0 aliphatic carbocycles. The Labute approximate surface area is 110 Å². The van der Waals surface area contributed by atoms with Crippen LogP contribution in [0.25, 0.3) is 0 Å². The van der Waals surface area contributed by atoms with Gasteiger partial charge in [0, 0.05) is 18.6 Å². The maximum Gasteiger partial charge on any atom is 0.345 e. The van der Waals surface area contributed by atoms with Gasteiger partial charge in [0.1, 0.15) is 0 Å². The molecule has 102 valence electrons. The summed E-state index contributed by atoms with van der Waals surface area (Å²) < 4.78 is 4.64. The smallest absolute Gasteiger partial charge is 0.345 e. The molecule has 0 aromatic heterocycles. The second-order valence-electron chi connectivity index (χ2n) is 4.50. The minimum absolute atomic E-state index is 0.114. The third-order valence-corrected chi connectivity index (χ3v) is 2.45. The molecule has 0 aliphatic heterocycles. The number of ether oxygens (including phenoxy) is 1. The minimum Gasteiger partial charge on any atom is -0.389 e. The van der Waals surface area contributed by atoms with Crippen LogP contribution >= 0.6 is 0 Å². The summed E-state index contributed by atoms with van der Waals surface area (Å²) in [5.74, 6) is -1.03. The highest BCUT2D eigenvalue weighted by Gasteiger charge is 2.14. The number of nitro groups is 1. The third-order valence-electron chi connectivity index (χ3n) is 2.45. The molecule has 0 fully saturated rings. The number of hydrogen-bond acceptors (Lipinski definition) is 5. The molecular weight excluding hydrogens is 250 g/mol. The van der Waals surface area contributed by atoms with E-state index in [1.165, 1.54) is 24.3 Å². The second kappa shape index (κ2) is 6.63. The van der Waals surface area contributed by atoms with E-state index in [2.05, 4.69) is 4.74 Å². The molecule has 0 N–H and O–H groups in total. The van der Waals surface area contributed by atoms with E-state index in [1.807, 2.05) is 13.8 Å². The van der Waals surface area contributed by atoms with E-state index in [0.717, 1.165) is 0 Å². The molecule has 0 heterocycles. The van der Waals surface area contributed by atoms with Crippen LogP contribution in [0.5, 0.6) is 0 Å². The van der Waals surface area contributed by atoms with E-state index in [-0.39, 0.29) is 17.7 Å². The number of non-ortho nitro benzene ring substituents is 1. The fourth-order valence-electron chi connectivity index (χ4n) is 1.34. The molecule has 0 spiro atoms. The average molecular weight is 265 g/mol. The zero-order valence-corrected chi connectivity index (χ0v) is 10.8. The molecule has 0 bridgehead atoms. The Kier molecular flexibility index (Phi) is 5.17. The summed E-state index contributed by atoms with van der Waals surface area (Å²) in [6.45, 7) is 3.93. The van der Waals surface area contributed by atoms with E-state index >= 15 is 0 Å². The fourth-order valence-corrected chi connectivity index (χ4v) is 1.34. The van der Waals surface area contributed by atoms with Crippen LogP contribution in [-0.4, -0.2) is 16.9 Å². The molecule has 0 unspecified atom stereocenters. The first-order chi connectivity index (χ1) is 8.90. The summed E-state index contributed by atoms with van der Waals surface area (Å²) in [4.78, 5) is 32.8. The standard InChI is InChI=1S/C13H15NO5/c1-9(2)3-8-12(15)19-13(16)10-4-6-11(7-5-10)14(17)18/h4-7,9H,3,8H2,1-2H3. The number of benzene rings is 1. The monoisotopic (exact) mass is 265 g/mol. The van der Waals surface area contributed by atoms with Gasteiger partial charge in [-0.05, 0) is 24.5 Å². The summed E-state index contributed by atoms with van der Waals surface area (Å²) in [7, 11) is 0. The molecule has 6 nitrogen and oxygen atoms in total. The number of nitro benzene ring substituents is 1. The van der Waals surface area contributed by atoms with Gasteiger partial charge in [-0.1, -0.05) is 13.8 Å². The molecule has 0 radical (unpaired) electrons. The Bertz CT molecular complexity index is 478. The first-order valence-electron chi connectivity index (χ1n) is 5.89. The Morgan fingerprint density at radius 3 is 2.32 bits per heavy atom. The van der Waals surface area contributed by atoms with Crippen molar-refractivity contribution in [2.75, 3.05) is 0 Å². The van der Waals surface area contributed by atoms with Crippen molar-refractivity contribution in [2.45, 2.75) is 26.7 Å². The van der Waals surface area contributed by atoms with Gasteiger partial charge >= 0.3 is 11.9 Å². The van der Waals surface area contributed by atoms with Crippen LogP contribution in [0.3, 0.4) is 0 Å². The van der Waals surface area contributed by atoms with Crippen molar-refractivity contribution in [3.8, 4) is 0 Å². The molecule has 0 aliphatic rings. The van der Waals surface area contributed by atoms with Crippen molar-refractivity contribution < 1.29 is 19.2 Å². The van der Waals surface area contributed by atoms with Crippen LogP contribution in [0.1, 0.15) is 37.0 Å². The highest BCUT2D eigenvalue weighted by atomic mass is 16.6. The maximum atomic E-state index is 11.6. The lowest BCUT2D eigenvalue weighted by Crippen LogP contribution is -2.13. The van der Waals surface area contributed by atoms with E-state index in [4.69, 9.17) is 0 Å². The zero-order valence-electron chi connectivity index (χ0n) is 10.8. The van der Waals surface area contributed by atoms with Crippen molar-refractivity contribution >= 4 is 17.6 Å². The highest BCUT2D eigenvalue weighted by molar-refractivity contribution is 5.96. The molecule has 0 atom stereocenters. The van der Waals surface area contributed by atoms with Gasteiger partial charge in [0.15, 0.2) is 0 Å². The molecule has 1 aromatic rings. The lowest BCUT2D eigenvalue weighted by Gasteiger charge is -2.04. The lowest BCUT2D eigenvalue weighted by molar-refractivity contribution is -0.384. The molecule has 19 heavy (non-hydrogen) atoms. The summed E-state index contributed by atoms with van der Waals surface area (Å²) >= 11 is 0. The number of hydrogen-bond donors (Lipinski definition) is 0. The van der Waals surface area contributed by atoms with Gasteiger partial charge in [-0.15, -0.1) is 0 Å². The second-order valence-corrected chi connectivity index (χ2v) is 4.50. The summed E-state index contributed by atoms with van der Waals surface area (Å²) in [5, 5.41) is 10.4. The summed E-state index contributed by atoms with van der Waals surface area (Å²) in [6, 6.07) is 4.90. The van der Waals surface area contributed by atoms with E-state index in [9.17, 15) is 19.7 Å². The number of nitrogens with zero attached hydrogens (tertiary/aromatic N) is 1. The van der Waals surface area contributed by atoms with Gasteiger partial charge in [0.25, 0.3) is 5.69 Å². The quantitative estimate of drug-likeness (QED) is 0.353. The van der Waals surface area contributed by atoms with E-state index < -0.39 is 16.9 Å². The van der Waals surface area contributed by atoms with Gasteiger partial charge in [-0.25, -0.2) is 4.79 Å². The Morgan fingerprint density at radius 2 is 1.84 bits per heavy atom. The molecule has 1 aromatic carbocycles. The van der Waals surface area contributed by atoms with Crippen molar-refractivity contribution in [3.05, 3.63) is 39.9 Å². The minimum atomic E-state index is -0.788.